The Labute approximate surface area is 216 Å². The molecule has 8 nitrogen and oxygen atoms in total. The predicted octanol–water partition coefficient (Wildman–Crippen LogP) is 3.57. The number of rotatable bonds is 6. The first-order valence-corrected chi connectivity index (χ1v) is 12.0. The van der Waals surface area contributed by atoms with E-state index in [0.29, 0.717) is 10.5 Å². The number of benzene rings is 1. The summed E-state index contributed by atoms with van der Waals surface area (Å²) in [7, 11) is 0. The first-order valence-electron chi connectivity index (χ1n) is 10.8. The Kier molecular flexibility index (Phi) is 7.15. The number of nitrogens with zero attached hydrogens (tertiary/aromatic N) is 4. The molecule has 4 rings (SSSR count). The number of aryl methyl sites for hydroxylation is 1. The van der Waals surface area contributed by atoms with Crippen molar-refractivity contribution in [2.75, 3.05) is 6.54 Å². The number of thioether (sulfide) groups is 1. The van der Waals surface area contributed by atoms with Gasteiger partial charge in [-0.1, -0.05) is 59.9 Å². The number of amides is 1. The van der Waals surface area contributed by atoms with E-state index in [-0.39, 0.29) is 27.6 Å². The molecule has 10 heteroatoms. The summed E-state index contributed by atoms with van der Waals surface area (Å²) >= 11 is 6.43. The minimum absolute atomic E-state index is 0.0491. The number of Topliss-reactive ketones (excluding diaryl/α,β-unsaturated/α-hetero) is 1. The molecule has 0 unspecified atom stereocenters. The third-order valence-corrected chi connectivity index (χ3v) is 7.07. The smallest absolute Gasteiger partial charge is 0.271 e. The zero-order valence-corrected chi connectivity index (χ0v) is 21.0. The minimum Gasteiger partial charge on any atom is -0.494 e. The van der Waals surface area contributed by atoms with Gasteiger partial charge in [-0.15, -0.1) is 0 Å². The van der Waals surface area contributed by atoms with Gasteiger partial charge in [-0.05, 0) is 42.7 Å². The first kappa shape index (κ1) is 25.0. The molecule has 2 aromatic heterocycles. The van der Waals surface area contributed by atoms with E-state index in [4.69, 9.17) is 12.2 Å². The topological polar surface area (TPSA) is 116 Å². The van der Waals surface area contributed by atoms with Crippen molar-refractivity contribution >= 4 is 46.1 Å². The first-order chi connectivity index (χ1) is 17.2. The summed E-state index contributed by atoms with van der Waals surface area (Å²) in [5.41, 5.74) is 1.37. The fraction of sp³-hybridized carbons (Fsp3) is 0.154. The van der Waals surface area contributed by atoms with Crippen molar-refractivity contribution < 1.29 is 14.7 Å². The maximum Gasteiger partial charge on any atom is 0.271 e. The van der Waals surface area contributed by atoms with Gasteiger partial charge in [-0.25, -0.2) is 0 Å². The van der Waals surface area contributed by atoms with E-state index in [2.05, 4.69) is 4.98 Å². The molecule has 3 aromatic rings. The summed E-state index contributed by atoms with van der Waals surface area (Å²) in [5.74, 6) is -1.65. The summed E-state index contributed by atoms with van der Waals surface area (Å²) in [4.78, 5) is 44.7. The fourth-order valence-corrected chi connectivity index (χ4v) is 5.03. The second kappa shape index (κ2) is 10.3. The van der Waals surface area contributed by atoms with Crippen LogP contribution in [0.4, 0.5) is 0 Å². The van der Waals surface area contributed by atoms with Crippen molar-refractivity contribution in [1.29, 1.82) is 5.26 Å². The fourth-order valence-electron chi connectivity index (χ4n) is 3.78. The van der Waals surface area contributed by atoms with Crippen molar-refractivity contribution in [3.63, 3.8) is 0 Å². The molecule has 1 aliphatic heterocycles. The monoisotopic (exact) mass is 516 g/mol. The lowest BCUT2D eigenvalue weighted by Crippen LogP contribution is -2.35. The van der Waals surface area contributed by atoms with Crippen LogP contribution in [0.25, 0.3) is 6.08 Å². The molecule has 0 radical (unpaired) electrons. The molecule has 180 valence electrons. The van der Waals surface area contributed by atoms with Crippen molar-refractivity contribution in [1.82, 2.24) is 14.5 Å². The normalized spacial score (nSPS) is 14.4. The molecular formula is C26H20N4O4S2. The van der Waals surface area contributed by atoms with Crippen molar-refractivity contribution in [3.8, 4) is 11.9 Å². The molecule has 1 aliphatic rings. The summed E-state index contributed by atoms with van der Waals surface area (Å²) in [6, 6.07) is 12.8. The second-order valence-corrected chi connectivity index (χ2v) is 9.84. The minimum atomic E-state index is -0.723. The van der Waals surface area contributed by atoms with Gasteiger partial charge in [0.15, 0.2) is 5.78 Å². The number of hydrogen-bond acceptors (Lipinski definition) is 8. The van der Waals surface area contributed by atoms with Gasteiger partial charge in [0.05, 0.1) is 23.6 Å². The SMILES string of the molecule is Cc1ccc(/C=C2\SC(=S)N(CC(=O)c3c(C)c(C#N)c(=O)n(Cc4cccnc4)c3O)C2=O)cc1. The molecule has 0 saturated carbocycles. The molecule has 0 aliphatic carbocycles. The average molecular weight is 517 g/mol. The van der Waals surface area contributed by atoms with Crippen LogP contribution in [0, 0.1) is 25.2 Å². The van der Waals surface area contributed by atoms with Gasteiger partial charge in [-0.3, -0.25) is 28.8 Å². The Hall–Kier alpha value is -4.07. The molecule has 1 amide bonds. The van der Waals surface area contributed by atoms with Crippen LogP contribution in [-0.2, 0) is 11.3 Å². The molecule has 1 saturated heterocycles. The van der Waals surface area contributed by atoms with Gasteiger partial charge < -0.3 is 5.11 Å². The summed E-state index contributed by atoms with van der Waals surface area (Å²) in [6.45, 7) is 2.85. The number of thiocarbonyl (C=S) groups is 1. The van der Waals surface area contributed by atoms with Crippen LogP contribution < -0.4 is 5.56 Å². The van der Waals surface area contributed by atoms with E-state index in [1.165, 1.54) is 13.1 Å². The molecular weight excluding hydrogens is 496 g/mol. The number of carbonyl (C=O) groups excluding carboxylic acids is 2. The average Bonchev–Trinajstić information content (AvgIpc) is 3.11. The van der Waals surface area contributed by atoms with E-state index in [0.717, 1.165) is 32.4 Å². The third-order valence-electron chi connectivity index (χ3n) is 5.69. The molecule has 0 bridgehead atoms. The zero-order valence-electron chi connectivity index (χ0n) is 19.4. The standard InChI is InChI=1S/C26H20N4O4S2/c1-15-5-7-17(8-6-15)10-21-24(33)30(26(35)36-21)14-20(31)22-16(2)19(11-27)23(32)29(25(22)34)13-18-4-3-9-28-12-18/h3-10,12,34H,13-14H2,1-2H3/b21-10-. The number of aromatic nitrogens is 2. The van der Waals surface area contributed by atoms with Crippen LogP contribution in [0.15, 0.2) is 58.5 Å². The number of hydrogen-bond donors (Lipinski definition) is 1. The van der Waals surface area contributed by atoms with Crippen molar-refractivity contribution in [2.45, 2.75) is 20.4 Å². The molecule has 3 heterocycles. The lowest BCUT2D eigenvalue weighted by molar-refractivity contribution is -0.121. The van der Waals surface area contributed by atoms with Crippen molar-refractivity contribution in [3.05, 3.63) is 97.4 Å². The van der Waals surface area contributed by atoms with Crippen LogP contribution in [0.3, 0.4) is 0 Å². The quantitative estimate of drug-likeness (QED) is 0.300. The summed E-state index contributed by atoms with van der Waals surface area (Å²) in [5, 5.41) is 20.5. The van der Waals surface area contributed by atoms with Crippen LogP contribution >= 0.6 is 24.0 Å². The Bertz CT molecular complexity index is 1520. The van der Waals surface area contributed by atoms with Gasteiger partial charge in [-0.2, -0.15) is 5.26 Å². The van der Waals surface area contributed by atoms with Crippen LogP contribution in [0.2, 0.25) is 0 Å². The van der Waals surface area contributed by atoms with Crippen LogP contribution in [-0.4, -0.2) is 42.1 Å². The van der Waals surface area contributed by atoms with Gasteiger partial charge in [0.1, 0.15) is 16.0 Å². The highest BCUT2D eigenvalue weighted by atomic mass is 32.2. The maximum atomic E-state index is 13.3. The third kappa shape index (κ3) is 4.84. The van der Waals surface area contributed by atoms with E-state index >= 15 is 0 Å². The van der Waals surface area contributed by atoms with Crippen LogP contribution in [0.1, 0.15) is 38.2 Å². The molecule has 1 N–H and O–H groups in total. The number of pyridine rings is 2. The molecule has 1 fully saturated rings. The van der Waals surface area contributed by atoms with Crippen LogP contribution in [0.5, 0.6) is 5.88 Å². The molecule has 36 heavy (non-hydrogen) atoms. The Balaban J connectivity index is 1.67. The van der Waals surface area contributed by atoms with E-state index in [1.807, 2.05) is 37.3 Å². The summed E-state index contributed by atoms with van der Waals surface area (Å²) < 4.78 is 1.16. The number of carbonyl (C=O) groups is 2. The van der Waals surface area contributed by atoms with E-state index in [1.54, 1.807) is 24.4 Å². The Morgan fingerprint density at radius 3 is 2.58 bits per heavy atom. The lowest BCUT2D eigenvalue weighted by Gasteiger charge is -2.18. The van der Waals surface area contributed by atoms with E-state index in [9.17, 15) is 24.8 Å². The molecule has 1 aromatic carbocycles. The van der Waals surface area contributed by atoms with E-state index < -0.39 is 29.7 Å². The molecule has 0 spiro atoms. The Morgan fingerprint density at radius 1 is 1.22 bits per heavy atom. The van der Waals surface area contributed by atoms with Gasteiger partial charge in [0, 0.05) is 12.4 Å². The predicted molar refractivity (Wildman–Crippen MR) is 141 cm³/mol. The number of ketones is 1. The Morgan fingerprint density at radius 2 is 1.94 bits per heavy atom. The second-order valence-electron chi connectivity index (χ2n) is 8.16. The van der Waals surface area contributed by atoms with Gasteiger partial charge in [0.25, 0.3) is 11.5 Å². The van der Waals surface area contributed by atoms with Crippen molar-refractivity contribution in [2.24, 2.45) is 0 Å². The number of nitriles is 1. The van der Waals surface area contributed by atoms with Gasteiger partial charge in [0.2, 0.25) is 5.88 Å². The zero-order chi connectivity index (χ0) is 26.0. The van der Waals surface area contributed by atoms with Gasteiger partial charge >= 0.3 is 0 Å². The highest BCUT2D eigenvalue weighted by Crippen LogP contribution is 2.33. The lowest BCUT2D eigenvalue weighted by atomic mass is 10.0. The highest BCUT2D eigenvalue weighted by molar-refractivity contribution is 8.26. The highest BCUT2D eigenvalue weighted by Gasteiger charge is 2.35. The maximum absolute atomic E-state index is 13.3. The largest absolute Gasteiger partial charge is 0.494 e. The molecule has 0 atom stereocenters. The number of aromatic hydroxyl groups is 1. The summed E-state index contributed by atoms with van der Waals surface area (Å²) in [6.07, 6.45) is 4.78.